The minimum atomic E-state index is -0.999. The molecule has 7 heteroatoms. The van der Waals surface area contributed by atoms with Gasteiger partial charge in [-0.15, -0.1) is 0 Å². The highest BCUT2D eigenvalue weighted by molar-refractivity contribution is 5.68. The fourth-order valence-electron chi connectivity index (χ4n) is 1.28. The van der Waals surface area contributed by atoms with Crippen molar-refractivity contribution in [2.24, 2.45) is 5.73 Å². The van der Waals surface area contributed by atoms with Crippen LogP contribution in [-0.4, -0.2) is 23.2 Å². The quantitative estimate of drug-likeness (QED) is 0.841. The number of methoxy groups -OCH3 is 1. The van der Waals surface area contributed by atoms with Gasteiger partial charge in [-0.05, 0) is 0 Å². The van der Waals surface area contributed by atoms with Crippen molar-refractivity contribution in [3.05, 3.63) is 11.4 Å². The molecule has 0 atom stereocenters. The van der Waals surface area contributed by atoms with Gasteiger partial charge in [-0.1, -0.05) is 20.8 Å². The molecule has 0 fully saturated rings. The van der Waals surface area contributed by atoms with Crippen LogP contribution >= 0.6 is 0 Å². The zero-order valence-electron chi connectivity index (χ0n) is 10.6. The van der Waals surface area contributed by atoms with E-state index in [4.69, 9.17) is 20.5 Å². The van der Waals surface area contributed by atoms with Crippen molar-refractivity contribution in [3.8, 4) is 17.8 Å². The van der Waals surface area contributed by atoms with Gasteiger partial charge >= 0.3 is 6.09 Å². The Morgan fingerprint density at radius 3 is 2.33 bits per heavy atom. The molecule has 1 aromatic heterocycles. The molecule has 2 N–H and O–H groups in total. The lowest BCUT2D eigenvalue weighted by atomic mass is 9.92. The number of nitriles is 1. The number of hydrogen-bond donors (Lipinski definition) is 1. The van der Waals surface area contributed by atoms with E-state index in [0.29, 0.717) is 5.69 Å². The van der Waals surface area contributed by atoms with Gasteiger partial charge in [0.05, 0.1) is 7.11 Å². The van der Waals surface area contributed by atoms with Gasteiger partial charge in [-0.25, -0.2) is 9.78 Å². The molecule has 1 aromatic rings. The Labute approximate surface area is 105 Å². The van der Waals surface area contributed by atoms with E-state index in [9.17, 15) is 4.79 Å². The van der Waals surface area contributed by atoms with E-state index in [0.717, 1.165) is 0 Å². The molecule has 0 aliphatic carbocycles. The van der Waals surface area contributed by atoms with E-state index >= 15 is 0 Å². The van der Waals surface area contributed by atoms with Crippen molar-refractivity contribution in [2.75, 3.05) is 7.11 Å². The van der Waals surface area contributed by atoms with Crippen LogP contribution in [0, 0.1) is 11.3 Å². The van der Waals surface area contributed by atoms with Gasteiger partial charge in [-0.3, -0.25) is 0 Å². The Kier molecular flexibility index (Phi) is 3.71. The number of ether oxygens (including phenoxy) is 2. The molecular weight excluding hydrogens is 236 g/mol. The van der Waals surface area contributed by atoms with E-state index in [1.54, 1.807) is 0 Å². The summed E-state index contributed by atoms with van der Waals surface area (Å²) in [6.45, 7) is 5.54. The van der Waals surface area contributed by atoms with Crippen molar-refractivity contribution in [3.63, 3.8) is 0 Å². The molecule has 0 aromatic carbocycles. The van der Waals surface area contributed by atoms with Crippen molar-refractivity contribution in [2.45, 2.75) is 26.2 Å². The maximum absolute atomic E-state index is 10.8. The normalized spacial score (nSPS) is 10.6. The van der Waals surface area contributed by atoms with Gasteiger partial charge in [0.15, 0.2) is 0 Å². The average molecular weight is 250 g/mol. The Hall–Kier alpha value is -2.36. The summed E-state index contributed by atoms with van der Waals surface area (Å²) in [5, 5.41) is 8.95. The summed E-state index contributed by atoms with van der Waals surface area (Å²) in [6, 6.07) is 1.87. The third-order valence-electron chi connectivity index (χ3n) is 2.04. The van der Waals surface area contributed by atoms with Gasteiger partial charge in [-0.2, -0.15) is 10.2 Å². The van der Waals surface area contributed by atoms with Crippen molar-refractivity contribution >= 4 is 6.09 Å². The van der Waals surface area contributed by atoms with Crippen LogP contribution in [-0.2, 0) is 5.41 Å². The maximum Gasteiger partial charge on any atom is 0.411 e. The summed E-state index contributed by atoms with van der Waals surface area (Å²) in [7, 11) is 1.34. The van der Waals surface area contributed by atoms with Gasteiger partial charge in [0.1, 0.15) is 11.8 Å². The summed E-state index contributed by atoms with van der Waals surface area (Å²) in [6.07, 6.45) is -0.999. The fourth-order valence-corrected chi connectivity index (χ4v) is 1.28. The predicted molar refractivity (Wildman–Crippen MR) is 62.2 cm³/mol. The predicted octanol–water partition coefficient (Wildman–Crippen LogP) is 1.11. The Bertz CT molecular complexity index is 514. The van der Waals surface area contributed by atoms with Gasteiger partial charge < -0.3 is 15.2 Å². The molecule has 1 rings (SSSR count). The van der Waals surface area contributed by atoms with Crippen molar-refractivity contribution in [1.29, 1.82) is 5.26 Å². The second-order valence-electron chi connectivity index (χ2n) is 4.52. The lowest BCUT2D eigenvalue weighted by Gasteiger charge is -2.20. The number of rotatable bonds is 2. The summed E-state index contributed by atoms with van der Waals surface area (Å²) in [5.74, 6) is -0.0624. The number of primary amides is 1. The highest BCUT2D eigenvalue weighted by Crippen LogP contribution is 2.30. The van der Waals surface area contributed by atoms with E-state index in [1.165, 1.54) is 7.11 Å². The van der Waals surface area contributed by atoms with Crippen LogP contribution < -0.4 is 15.2 Å². The van der Waals surface area contributed by atoms with E-state index < -0.39 is 11.5 Å². The second kappa shape index (κ2) is 4.87. The number of aromatic nitrogens is 2. The third-order valence-corrected chi connectivity index (χ3v) is 2.04. The molecular formula is C11H14N4O3. The number of carbonyl (C=O) groups is 1. The molecule has 0 saturated heterocycles. The SMILES string of the molecule is COc1nc(OC(N)=O)c(C(C)(C)C)nc1C#N. The van der Waals surface area contributed by atoms with Gasteiger partial charge in [0.2, 0.25) is 11.6 Å². The Morgan fingerprint density at radius 1 is 1.33 bits per heavy atom. The third kappa shape index (κ3) is 2.85. The average Bonchev–Trinajstić information content (AvgIpc) is 2.26. The highest BCUT2D eigenvalue weighted by Gasteiger charge is 2.26. The van der Waals surface area contributed by atoms with Crippen LogP contribution in [0.2, 0.25) is 0 Å². The summed E-state index contributed by atoms with van der Waals surface area (Å²) in [4.78, 5) is 18.9. The molecule has 0 aliphatic rings. The fraction of sp³-hybridized carbons (Fsp3) is 0.455. The number of carbonyl (C=O) groups excluding carboxylic acids is 1. The minimum absolute atomic E-state index is 0.0123. The molecule has 0 saturated carbocycles. The second-order valence-corrected chi connectivity index (χ2v) is 4.52. The van der Waals surface area contributed by atoms with Gasteiger partial charge in [0.25, 0.3) is 5.88 Å². The molecule has 0 radical (unpaired) electrons. The monoisotopic (exact) mass is 250 g/mol. The largest absolute Gasteiger partial charge is 0.479 e. The summed E-state index contributed by atoms with van der Waals surface area (Å²) in [5.41, 5.74) is 4.89. The number of nitrogens with zero attached hydrogens (tertiary/aromatic N) is 3. The van der Waals surface area contributed by atoms with Crippen LogP contribution in [0.25, 0.3) is 0 Å². The first kappa shape index (κ1) is 13.7. The van der Waals surface area contributed by atoms with Crippen molar-refractivity contribution in [1.82, 2.24) is 9.97 Å². The van der Waals surface area contributed by atoms with Crippen LogP contribution in [0.3, 0.4) is 0 Å². The molecule has 18 heavy (non-hydrogen) atoms. The summed E-state index contributed by atoms with van der Waals surface area (Å²) >= 11 is 0. The Balaban J connectivity index is 3.47. The highest BCUT2D eigenvalue weighted by atomic mass is 16.6. The molecule has 7 nitrogen and oxygen atoms in total. The lowest BCUT2D eigenvalue weighted by Crippen LogP contribution is -2.23. The molecule has 1 amide bonds. The van der Waals surface area contributed by atoms with E-state index in [-0.39, 0.29) is 17.5 Å². The van der Waals surface area contributed by atoms with Crippen molar-refractivity contribution < 1.29 is 14.3 Å². The zero-order valence-corrected chi connectivity index (χ0v) is 10.6. The van der Waals surface area contributed by atoms with Crippen LogP contribution in [0.4, 0.5) is 4.79 Å². The summed E-state index contributed by atoms with van der Waals surface area (Å²) < 4.78 is 9.69. The van der Waals surface area contributed by atoms with Crippen LogP contribution in [0.15, 0.2) is 0 Å². The molecule has 0 spiro atoms. The van der Waals surface area contributed by atoms with Gasteiger partial charge in [0, 0.05) is 5.41 Å². The Morgan fingerprint density at radius 2 is 1.94 bits per heavy atom. The topological polar surface area (TPSA) is 111 Å². The first-order valence-electron chi connectivity index (χ1n) is 5.13. The van der Waals surface area contributed by atoms with E-state index in [2.05, 4.69) is 9.97 Å². The maximum atomic E-state index is 10.8. The first-order valence-corrected chi connectivity index (χ1v) is 5.13. The van der Waals surface area contributed by atoms with Crippen LogP contribution in [0.5, 0.6) is 11.8 Å². The van der Waals surface area contributed by atoms with Crippen LogP contribution in [0.1, 0.15) is 32.2 Å². The zero-order chi connectivity index (χ0) is 13.9. The number of hydrogen-bond acceptors (Lipinski definition) is 6. The number of nitrogens with two attached hydrogens (primary N) is 1. The minimum Gasteiger partial charge on any atom is -0.479 e. The molecule has 0 aliphatic heterocycles. The molecule has 96 valence electrons. The molecule has 0 bridgehead atoms. The lowest BCUT2D eigenvalue weighted by molar-refractivity contribution is 0.206. The van der Waals surface area contributed by atoms with E-state index in [1.807, 2.05) is 26.8 Å². The smallest absolute Gasteiger partial charge is 0.411 e. The molecule has 1 heterocycles. The number of amides is 1. The molecule has 0 unspecified atom stereocenters. The first-order chi connectivity index (χ1) is 8.29. The standard InChI is InChI=1S/C11H14N4O3/c1-11(2,3)7-9(18-10(13)16)15-8(17-4)6(5-12)14-7/h1-4H3,(H2,13,16).